The van der Waals surface area contributed by atoms with Crippen molar-refractivity contribution in [1.82, 2.24) is 10.1 Å². The second-order valence-corrected chi connectivity index (χ2v) is 3.87. The van der Waals surface area contributed by atoms with Gasteiger partial charge in [-0.15, -0.1) is 0 Å². The molecule has 2 rings (SSSR count). The van der Waals surface area contributed by atoms with Crippen molar-refractivity contribution < 1.29 is 14.4 Å². The van der Waals surface area contributed by atoms with E-state index >= 15 is 0 Å². The molecular weight excluding hydrogens is 232 g/mol. The lowest BCUT2D eigenvalue weighted by Crippen LogP contribution is -2.02. The van der Waals surface area contributed by atoms with E-state index in [0.29, 0.717) is 31.3 Å². The lowest BCUT2D eigenvalue weighted by atomic mass is 10.1. The Kier molecular flexibility index (Phi) is 4.44. The highest BCUT2D eigenvalue weighted by atomic mass is 16.5. The first kappa shape index (κ1) is 12.7. The van der Waals surface area contributed by atoms with E-state index in [1.165, 1.54) is 0 Å². The normalized spacial score (nSPS) is 12.6. The van der Waals surface area contributed by atoms with Crippen molar-refractivity contribution in [3.8, 4) is 0 Å². The number of hydrogen-bond donors (Lipinski definition) is 1. The summed E-state index contributed by atoms with van der Waals surface area (Å²) in [7, 11) is 0. The molecule has 0 aliphatic heterocycles. The van der Waals surface area contributed by atoms with Gasteiger partial charge in [0.05, 0.1) is 12.5 Å². The minimum Gasteiger partial charge on any atom is -0.388 e. The minimum absolute atomic E-state index is 0.309. The van der Waals surface area contributed by atoms with Crippen LogP contribution in [0.15, 0.2) is 34.9 Å². The van der Waals surface area contributed by atoms with Gasteiger partial charge in [0, 0.05) is 6.61 Å². The number of hydrogen-bond acceptors (Lipinski definition) is 5. The monoisotopic (exact) mass is 248 g/mol. The molecule has 18 heavy (non-hydrogen) atoms. The maximum atomic E-state index is 10.0. The van der Waals surface area contributed by atoms with Crippen LogP contribution in [0.3, 0.4) is 0 Å². The molecule has 1 aromatic carbocycles. The molecular formula is C13H16N2O3. The van der Waals surface area contributed by atoms with Gasteiger partial charge in [-0.2, -0.15) is 4.98 Å². The molecule has 1 unspecified atom stereocenters. The van der Waals surface area contributed by atoms with Crippen LogP contribution in [0.4, 0.5) is 0 Å². The van der Waals surface area contributed by atoms with Crippen molar-refractivity contribution in [2.45, 2.75) is 26.1 Å². The van der Waals surface area contributed by atoms with Crippen LogP contribution in [0.2, 0.25) is 0 Å². The fourth-order valence-electron chi connectivity index (χ4n) is 1.58. The van der Waals surface area contributed by atoms with Gasteiger partial charge < -0.3 is 14.4 Å². The smallest absolute Gasteiger partial charge is 0.229 e. The predicted octanol–water partition coefficient (Wildman–Crippen LogP) is 1.88. The molecule has 0 amide bonds. The lowest BCUT2D eigenvalue weighted by Gasteiger charge is -2.07. The highest BCUT2D eigenvalue weighted by Crippen LogP contribution is 2.16. The Morgan fingerprint density at radius 1 is 1.33 bits per heavy atom. The molecule has 0 fully saturated rings. The summed E-state index contributed by atoms with van der Waals surface area (Å²) in [4.78, 5) is 4.15. The summed E-state index contributed by atoms with van der Waals surface area (Å²) in [6, 6.07) is 9.40. The molecule has 0 saturated carbocycles. The fraction of sp³-hybridized carbons (Fsp3) is 0.385. The van der Waals surface area contributed by atoms with Gasteiger partial charge in [0.1, 0.15) is 6.61 Å². The van der Waals surface area contributed by atoms with Gasteiger partial charge in [0.25, 0.3) is 0 Å². The van der Waals surface area contributed by atoms with Crippen LogP contribution in [-0.4, -0.2) is 21.9 Å². The summed E-state index contributed by atoms with van der Waals surface area (Å²) >= 11 is 0. The second kappa shape index (κ2) is 6.28. The van der Waals surface area contributed by atoms with Gasteiger partial charge in [0.2, 0.25) is 5.89 Å². The summed E-state index contributed by atoms with van der Waals surface area (Å²) in [5, 5.41) is 13.8. The van der Waals surface area contributed by atoms with Gasteiger partial charge in [-0.3, -0.25) is 0 Å². The third-order valence-electron chi connectivity index (χ3n) is 2.50. The van der Waals surface area contributed by atoms with Crippen molar-refractivity contribution in [2.24, 2.45) is 0 Å². The molecule has 5 heteroatoms. The third-order valence-corrected chi connectivity index (χ3v) is 2.50. The zero-order valence-corrected chi connectivity index (χ0v) is 10.2. The first-order valence-corrected chi connectivity index (χ1v) is 5.91. The van der Waals surface area contributed by atoms with E-state index in [4.69, 9.17) is 9.26 Å². The zero-order valence-electron chi connectivity index (χ0n) is 10.2. The molecule has 0 spiro atoms. The largest absolute Gasteiger partial charge is 0.388 e. The van der Waals surface area contributed by atoms with E-state index in [9.17, 15) is 5.11 Å². The first-order valence-electron chi connectivity index (χ1n) is 5.91. The molecule has 2 aromatic rings. The Hall–Kier alpha value is -1.72. The van der Waals surface area contributed by atoms with Gasteiger partial charge >= 0.3 is 0 Å². The second-order valence-electron chi connectivity index (χ2n) is 3.87. The Morgan fingerprint density at radius 2 is 2.11 bits per heavy atom. The van der Waals surface area contributed by atoms with Gasteiger partial charge in [0.15, 0.2) is 5.82 Å². The number of aliphatic hydroxyl groups is 1. The molecule has 0 radical (unpaired) electrons. The van der Waals surface area contributed by atoms with Crippen molar-refractivity contribution in [3.63, 3.8) is 0 Å². The first-order chi connectivity index (χ1) is 8.79. The predicted molar refractivity (Wildman–Crippen MR) is 64.7 cm³/mol. The number of aromatic nitrogens is 2. The number of aliphatic hydroxyl groups excluding tert-OH is 1. The van der Waals surface area contributed by atoms with Crippen LogP contribution >= 0.6 is 0 Å². The average Bonchev–Trinajstić information content (AvgIpc) is 2.85. The molecule has 1 heterocycles. The minimum atomic E-state index is -0.633. The van der Waals surface area contributed by atoms with Crippen molar-refractivity contribution in [3.05, 3.63) is 47.6 Å². The molecule has 1 atom stereocenters. The molecule has 1 aromatic heterocycles. The third kappa shape index (κ3) is 3.38. The van der Waals surface area contributed by atoms with E-state index in [0.717, 1.165) is 5.56 Å². The highest BCUT2D eigenvalue weighted by molar-refractivity contribution is 5.18. The molecule has 0 aliphatic carbocycles. The van der Waals surface area contributed by atoms with Crippen molar-refractivity contribution >= 4 is 0 Å². The van der Waals surface area contributed by atoms with E-state index in [1.54, 1.807) is 0 Å². The van der Waals surface area contributed by atoms with E-state index in [2.05, 4.69) is 10.1 Å². The van der Waals surface area contributed by atoms with E-state index < -0.39 is 6.10 Å². The van der Waals surface area contributed by atoms with Crippen LogP contribution < -0.4 is 0 Å². The van der Waals surface area contributed by atoms with Crippen molar-refractivity contribution in [1.29, 1.82) is 0 Å². The Bertz CT molecular complexity index is 470. The Morgan fingerprint density at radius 3 is 2.83 bits per heavy atom. The maximum absolute atomic E-state index is 10.0. The van der Waals surface area contributed by atoms with E-state index in [-0.39, 0.29) is 0 Å². The summed E-state index contributed by atoms with van der Waals surface area (Å²) < 4.78 is 10.2. The fourth-order valence-corrected chi connectivity index (χ4v) is 1.58. The molecule has 0 aliphatic rings. The van der Waals surface area contributed by atoms with Gasteiger partial charge in [-0.05, 0) is 12.5 Å². The van der Waals surface area contributed by atoms with Crippen LogP contribution in [0.25, 0.3) is 0 Å². The zero-order chi connectivity index (χ0) is 12.8. The summed E-state index contributed by atoms with van der Waals surface area (Å²) in [6.45, 7) is 2.85. The molecule has 0 bridgehead atoms. The Labute approximate surface area is 105 Å². The number of nitrogens with zero attached hydrogens (tertiary/aromatic N) is 2. The summed E-state index contributed by atoms with van der Waals surface area (Å²) in [5.74, 6) is 0.924. The van der Waals surface area contributed by atoms with Gasteiger partial charge in [-0.25, -0.2) is 0 Å². The standard InChI is InChI=1S/C13H16N2O3/c1-2-17-9-12-14-13(18-15-12)8-11(16)10-6-4-3-5-7-10/h3-7,11,16H,2,8-9H2,1H3. The van der Waals surface area contributed by atoms with E-state index in [1.807, 2.05) is 37.3 Å². The molecule has 0 saturated heterocycles. The van der Waals surface area contributed by atoms with Crippen LogP contribution in [0.5, 0.6) is 0 Å². The molecule has 96 valence electrons. The number of benzene rings is 1. The number of ether oxygens (including phenoxy) is 1. The summed E-state index contributed by atoms with van der Waals surface area (Å²) in [5.41, 5.74) is 0.835. The van der Waals surface area contributed by atoms with Gasteiger partial charge in [-0.1, -0.05) is 35.5 Å². The van der Waals surface area contributed by atoms with Crippen molar-refractivity contribution in [2.75, 3.05) is 6.61 Å². The lowest BCUT2D eigenvalue weighted by molar-refractivity contribution is 0.126. The SMILES string of the molecule is CCOCc1noc(CC(O)c2ccccc2)n1. The average molecular weight is 248 g/mol. The topological polar surface area (TPSA) is 68.4 Å². The molecule has 1 N–H and O–H groups in total. The number of rotatable bonds is 6. The van der Waals surface area contributed by atoms with Crippen LogP contribution in [0.1, 0.15) is 30.3 Å². The summed E-state index contributed by atoms with van der Waals surface area (Å²) in [6.07, 6.45) is -0.324. The highest BCUT2D eigenvalue weighted by Gasteiger charge is 2.13. The quantitative estimate of drug-likeness (QED) is 0.845. The Balaban J connectivity index is 1.95. The van der Waals surface area contributed by atoms with Crippen LogP contribution in [0, 0.1) is 0 Å². The van der Waals surface area contributed by atoms with Crippen LogP contribution in [-0.2, 0) is 17.8 Å². The molecule has 5 nitrogen and oxygen atoms in total. The maximum Gasteiger partial charge on any atom is 0.229 e.